The molecule has 0 radical (unpaired) electrons. The van der Waals surface area contributed by atoms with Gasteiger partial charge in [0.05, 0.1) is 15.6 Å². The molecule has 0 unspecified atom stereocenters. The molecule has 1 amide bonds. The number of carbonyl (C=O) groups is 1. The summed E-state index contributed by atoms with van der Waals surface area (Å²) in [7, 11) is 0. The number of nitrogens with zero attached hydrogens (tertiary/aromatic N) is 1. The first kappa shape index (κ1) is 12.8. The van der Waals surface area contributed by atoms with Gasteiger partial charge in [-0.1, -0.05) is 11.6 Å². The van der Waals surface area contributed by atoms with Crippen LogP contribution in [0.25, 0.3) is 0 Å². The number of non-ortho nitro benzene ring substituents is 1. The number of halogens is 1. The highest BCUT2D eigenvalue weighted by Crippen LogP contribution is 2.27. The van der Waals surface area contributed by atoms with E-state index in [-0.39, 0.29) is 16.6 Å². The van der Waals surface area contributed by atoms with Crippen LogP contribution in [0.1, 0.15) is 12.8 Å². The number of hydrogen-bond donors (Lipinski definition) is 1. The van der Waals surface area contributed by atoms with Gasteiger partial charge in [0.2, 0.25) is 0 Å². The van der Waals surface area contributed by atoms with E-state index in [2.05, 4.69) is 5.32 Å². The molecule has 0 aliphatic carbocycles. The Morgan fingerprint density at radius 1 is 1.56 bits per heavy atom. The minimum atomic E-state index is -0.544. The van der Waals surface area contributed by atoms with Crippen molar-refractivity contribution in [3.63, 3.8) is 0 Å². The van der Waals surface area contributed by atoms with Crippen LogP contribution in [0, 0.1) is 10.1 Å². The van der Waals surface area contributed by atoms with E-state index in [1.54, 1.807) is 0 Å². The summed E-state index contributed by atoms with van der Waals surface area (Å²) in [5.41, 5.74) is 0.234. The molecule has 1 aliphatic heterocycles. The fourth-order valence-corrected chi connectivity index (χ4v) is 1.94. The maximum atomic E-state index is 11.8. The lowest BCUT2D eigenvalue weighted by atomic mass is 10.2. The minimum absolute atomic E-state index is 0.116. The molecule has 1 saturated heterocycles. The number of rotatable bonds is 3. The first-order chi connectivity index (χ1) is 8.58. The highest BCUT2D eigenvalue weighted by atomic mass is 35.5. The average molecular weight is 271 g/mol. The van der Waals surface area contributed by atoms with E-state index in [9.17, 15) is 14.9 Å². The van der Waals surface area contributed by atoms with Crippen LogP contribution in [-0.2, 0) is 9.53 Å². The van der Waals surface area contributed by atoms with Crippen molar-refractivity contribution in [2.75, 3.05) is 11.9 Å². The molecule has 0 saturated carbocycles. The summed E-state index contributed by atoms with van der Waals surface area (Å²) >= 11 is 5.86. The van der Waals surface area contributed by atoms with Crippen molar-refractivity contribution in [3.8, 4) is 0 Å². The second-order valence-electron chi connectivity index (χ2n) is 3.91. The minimum Gasteiger partial charge on any atom is -0.368 e. The van der Waals surface area contributed by atoms with Gasteiger partial charge in [0.15, 0.2) is 0 Å². The zero-order valence-corrected chi connectivity index (χ0v) is 10.1. The van der Waals surface area contributed by atoms with E-state index in [0.29, 0.717) is 18.7 Å². The van der Waals surface area contributed by atoms with Gasteiger partial charge in [-0.2, -0.15) is 0 Å². The molecule has 2 rings (SSSR count). The summed E-state index contributed by atoms with van der Waals surface area (Å²) in [6.45, 7) is 0.575. The Balaban J connectivity index is 2.09. The third-order valence-electron chi connectivity index (χ3n) is 2.64. The summed E-state index contributed by atoms with van der Waals surface area (Å²) in [6, 6.07) is 3.90. The number of hydrogen-bond acceptors (Lipinski definition) is 4. The molecule has 6 nitrogen and oxygen atoms in total. The number of carbonyl (C=O) groups excluding carboxylic acids is 1. The van der Waals surface area contributed by atoms with Crippen molar-refractivity contribution in [2.45, 2.75) is 18.9 Å². The number of ether oxygens (including phenoxy) is 1. The Morgan fingerprint density at radius 3 is 2.89 bits per heavy atom. The first-order valence-corrected chi connectivity index (χ1v) is 5.82. The number of anilines is 1. The molecule has 1 fully saturated rings. The molecule has 0 aromatic heterocycles. The molecule has 0 bridgehead atoms. The summed E-state index contributed by atoms with van der Waals surface area (Å²) in [5.74, 6) is -0.275. The van der Waals surface area contributed by atoms with Gasteiger partial charge in [0.1, 0.15) is 6.10 Å². The lowest BCUT2D eigenvalue weighted by Crippen LogP contribution is -2.26. The lowest BCUT2D eigenvalue weighted by molar-refractivity contribution is -0.384. The molecule has 1 aromatic carbocycles. The standard InChI is InChI=1S/C11H11ClN2O4/c12-8-6-7(14(16)17)3-4-9(8)13-11(15)10-2-1-5-18-10/h3-4,6,10H,1-2,5H2,(H,13,15)/t10-/m1/s1. The SMILES string of the molecule is O=C(Nc1ccc([N+](=O)[O-])cc1Cl)[C@H]1CCCO1. The summed E-state index contributed by atoms with van der Waals surface area (Å²) in [6.07, 6.45) is 1.07. The number of amides is 1. The Labute approximate surface area is 108 Å². The van der Waals surface area contributed by atoms with Crippen LogP contribution >= 0.6 is 11.6 Å². The molecule has 0 spiro atoms. The number of nitro benzene ring substituents is 1. The van der Waals surface area contributed by atoms with Gasteiger partial charge >= 0.3 is 0 Å². The van der Waals surface area contributed by atoms with Gasteiger partial charge in [-0.3, -0.25) is 14.9 Å². The number of benzene rings is 1. The summed E-state index contributed by atoms with van der Waals surface area (Å²) in [4.78, 5) is 21.7. The summed E-state index contributed by atoms with van der Waals surface area (Å²) < 4.78 is 5.23. The normalized spacial score (nSPS) is 18.6. The molecule has 1 aliphatic rings. The van der Waals surface area contributed by atoms with Crippen LogP contribution in [0.5, 0.6) is 0 Å². The molecule has 1 N–H and O–H groups in total. The van der Waals surface area contributed by atoms with Gasteiger partial charge < -0.3 is 10.1 Å². The predicted molar refractivity (Wildman–Crippen MR) is 65.7 cm³/mol. The molecule has 1 atom stereocenters. The van der Waals surface area contributed by atoms with Crippen LogP contribution in [-0.4, -0.2) is 23.5 Å². The zero-order valence-electron chi connectivity index (χ0n) is 9.39. The van der Waals surface area contributed by atoms with Gasteiger partial charge in [0, 0.05) is 18.7 Å². The van der Waals surface area contributed by atoms with E-state index < -0.39 is 11.0 Å². The highest BCUT2D eigenvalue weighted by molar-refractivity contribution is 6.34. The molecular formula is C11H11ClN2O4. The average Bonchev–Trinajstić information content (AvgIpc) is 2.85. The lowest BCUT2D eigenvalue weighted by Gasteiger charge is -2.11. The van der Waals surface area contributed by atoms with Gasteiger partial charge in [0.25, 0.3) is 11.6 Å². The number of nitrogens with one attached hydrogen (secondary N) is 1. The van der Waals surface area contributed by atoms with Crippen LogP contribution in [0.4, 0.5) is 11.4 Å². The maximum Gasteiger partial charge on any atom is 0.271 e. The van der Waals surface area contributed by atoms with E-state index in [4.69, 9.17) is 16.3 Å². The topological polar surface area (TPSA) is 81.5 Å². The van der Waals surface area contributed by atoms with Crippen molar-refractivity contribution in [2.24, 2.45) is 0 Å². The largest absolute Gasteiger partial charge is 0.368 e. The monoisotopic (exact) mass is 270 g/mol. The van der Waals surface area contributed by atoms with Crippen LogP contribution in [0.3, 0.4) is 0 Å². The predicted octanol–water partition coefficient (Wildman–Crippen LogP) is 2.37. The second kappa shape index (κ2) is 5.32. The van der Waals surface area contributed by atoms with Gasteiger partial charge in [-0.05, 0) is 18.9 Å². The van der Waals surface area contributed by atoms with E-state index in [1.807, 2.05) is 0 Å². The van der Waals surface area contributed by atoms with Gasteiger partial charge in [-0.25, -0.2) is 0 Å². The Hall–Kier alpha value is -1.66. The fraction of sp³-hybridized carbons (Fsp3) is 0.364. The fourth-order valence-electron chi connectivity index (χ4n) is 1.72. The number of nitro groups is 1. The molecule has 7 heteroatoms. The second-order valence-corrected chi connectivity index (χ2v) is 4.32. The van der Waals surface area contributed by atoms with Gasteiger partial charge in [-0.15, -0.1) is 0 Å². The molecule has 18 heavy (non-hydrogen) atoms. The Bertz CT molecular complexity index is 486. The third kappa shape index (κ3) is 2.77. The van der Waals surface area contributed by atoms with Crippen LogP contribution < -0.4 is 5.32 Å². The maximum absolute atomic E-state index is 11.8. The summed E-state index contributed by atoms with van der Waals surface area (Å²) in [5, 5.41) is 13.3. The van der Waals surface area contributed by atoms with Crippen molar-refractivity contribution < 1.29 is 14.5 Å². The molecule has 96 valence electrons. The van der Waals surface area contributed by atoms with Crippen LogP contribution in [0.2, 0.25) is 5.02 Å². The zero-order chi connectivity index (χ0) is 13.1. The molecule has 1 heterocycles. The quantitative estimate of drug-likeness (QED) is 0.675. The third-order valence-corrected chi connectivity index (χ3v) is 2.96. The molecular weight excluding hydrogens is 260 g/mol. The van der Waals surface area contributed by atoms with E-state index in [0.717, 1.165) is 6.42 Å². The smallest absolute Gasteiger partial charge is 0.271 e. The molecule has 1 aromatic rings. The Morgan fingerprint density at radius 2 is 2.33 bits per heavy atom. The van der Waals surface area contributed by atoms with Crippen molar-refractivity contribution in [3.05, 3.63) is 33.3 Å². The Kier molecular flexibility index (Phi) is 3.78. The van der Waals surface area contributed by atoms with Crippen molar-refractivity contribution >= 4 is 28.9 Å². The highest BCUT2D eigenvalue weighted by Gasteiger charge is 2.24. The first-order valence-electron chi connectivity index (χ1n) is 5.44. The van der Waals surface area contributed by atoms with E-state index in [1.165, 1.54) is 18.2 Å². The van der Waals surface area contributed by atoms with E-state index >= 15 is 0 Å². The van der Waals surface area contributed by atoms with Crippen molar-refractivity contribution in [1.29, 1.82) is 0 Å². The van der Waals surface area contributed by atoms with Crippen molar-refractivity contribution in [1.82, 2.24) is 0 Å². The van der Waals surface area contributed by atoms with Crippen LogP contribution in [0.15, 0.2) is 18.2 Å².